The lowest BCUT2D eigenvalue weighted by Crippen LogP contribution is -2.50. The van der Waals surface area contributed by atoms with E-state index in [2.05, 4.69) is 10.6 Å². The van der Waals surface area contributed by atoms with Gasteiger partial charge in [0.15, 0.2) is 6.10 Å². The number of esters is 1. The molecule has 0 aliphatic carbocycles. The standard InChI is InChI=1S/C18H26N2O4S/c1-12-6-8-14(9-7-12)10-25-11-15(21)24-13(2)16(22)19-17(23)20-18(3,4)5/h6-9,13H,10-11H2,1-5H3,(H2,19,20,22,23)/t13-/m1/s1. The van der Waals surface area contributed by atoms with Crippen molar-refractivity contribution < 1.29 is 19.1 Å². The SMILES string of the molecule is Cc1ccc(CSCC(=O)O[C@H](C)C(=O)NC(=O)NC(C)(C)C)cc1. The lowest BCUT2D eigenvalue weighted by molar-refractivity contribution is -0.151. The Hall–Kier alpha value is -2.02. The summed E-state index contributed by atoms with van der Waals surface area (Å²) >= 11 is 1.41. The van der Waals surface area contributed by atoms with E-state index < -0.39 is 29.6 Å². The molecule has 25 heavy (non-hydrogen) atoms. The fourth-order valence-corrected chi connectivity index (χ4v) is 2.57. The van der Waals surface area contributed by atoms with Crippen LogP contribution < -0.4 is 10.6 Å². The molecule has 1 rings (SSSR count). The van der Waals surface area contributed by atoms with Crippen molar-refractivity contribution in [3.8, 4) is 0 Å². The highest BCUT2D eigenvalue weighted by Crippen LogP contribution is 2.13. The predicted octanol–water partition coefficient (Wildman–Crippen LogP) is 2.78. The number of urea groups is 1. The van der Waals surface area contributed by atoms with Crippen molar-refractivity contribution in [1.82, 2.24) is 10.6 Å². The van der Waals surface area contributed by atoms with Crippen LogP contribution in [-0.4, -0.2) is 35.3 Å². The van der Waals surface area contributed by atoms with E-state index in [0.29, 0.717) is 5.75 Å². The van der Waals surface area contributed by atoms with Crippen LogP contribution in [-0.2, 0) is 20.1 Å². The second-order valence-electron chi connectivity index (χ2n) is 6.80. The summed E-state index contributed by atoms with van der Waals surface area (Å²) in [5.41, 5.74) is 1.84. The summed E-state index contributed by atoms with van der Waals surface area (Å²) < 4.78 is 5.05. The van der Waals surface area contributed by atoms with Crippen LogP contribution in [0.25, 0.3) is 0 Å². The van der Waals surface area contributed by atoms with Crippen molar-refractivity contribution >= 4 is 29.7 Å². The van der Waals surface area contributed by atoms with Crippen molar-refractivity contribution in [3.63, 3.8) is 0 Å². The first-order valence-corrected chi connectivity index (χ1v) is 9.18. The number of amides is 3. The van der Waals surface area contributed by atoms with E-state index in [1.54, 1.807) is 20.8 Å². The van der Waals surface area contributed by atoms with Crippen LogP contribution in [0.3, 0.4) is 0 Å². The van der Waals surface area contributed by atoms with Gasteiger partial charge in [0.25, 0.3) is 5.91 Å². The molecule has 1 aromatic rings. The Balaban J connectivity index is 2.31. The first kappa shape index (κ1) is 21.0. The van der Waals surface area contributed by atoms with Gasteiger partial charge in [-0.3, -0.25) is 14.9 Å². The van der Waals surface area contributed by atoms with Gasteiger partial charge in [0.2, 0.25) is 0 Å². The van der Waals surface area contributed by atoms with Gasteiger partial charge in [-0.25, -0.2) is 4.79 Å². The average molecular weight is 366 g/mol. The number of aryl methyl sites for hydroxylation is 1. The molecule has 2 N–H and O–H groups in total. The Labute approximate surface area is 153 Å². The third-order valence-corrected chi connectivity index (χ3v) is 3.99. The molecular formula is C18H26N2O4S. The molecule has 0 spiro atoms. The molecule has 0 aliphatic heterocycles. The predicted molar refractivity (Wildman–Crippen MR) is 99.3 cm³/mol. The second-order valence-corrected chi connectivity index (χ2v) is 7.79. The Bertz CT molecular complexity index is 608. The number of nitrogens with one attached hydrogen (secondary N) is 2. The summed E-state index contributed by atoms with van der Waals surface area (Å²) in [6, 6.07) is 7.44. The second kappa shape index (κ2) is 9.46. The van der Waals surface area contributed by atoms with Crippen molar-refractivity contribution in [1.29, 1.82) is 0 Å². The molecule has 0 bridgehead atoms. The van der Waals surface area contributed by atoms with E-state index in [1.807, 2.05) is 31.2 Å². The van der Waals surface area contributed by atoms with Gasteiger partial charge >= 0.3 is 12.0 Å². The summed E-state index contributed by atoms with van der Waals surface area (Å²) in [6.07, 6.45) is -1.03. The Kier molecular flexibility index (Phi) is 7.96. The number of imide groups is 1. The third-order valence-electron chi connectivity index (χ3n) is 3.01. The number of thioether (sulfide) groups is 1. The molecule has 3 amide bonds. The van der Waals surface area contributed by atoms with Gasteiger partial charge in [-0.1, -0.05) is 29.8 Å². The minimum atomic E-state index is -1.03. The van der Waals surface area contributed by atoms with Crippen LogP contribution in [0.4, 0.5) is 4.79 Å². The number of rotatable bonds is 6. The summed E-state index contributed by atoms with van der Waals surface area (Å²) in [5.74, 6) is -0.321. The molecular weight excluding hydrogens is 340 g/mol. The molecule has 138 valence electrons. The molecule has 1 atom stereocenters. The fourth-order valence-electron chi connectivity index (χ4n) is 1.81. The highest BCUT2D eigenvalue weighted by atomic mass is 32.2. The molecule has 0 aliphatic rings. The summed E-state index contributed by atoms with van der Waals surface area (Å²) in [4.78, 5) is 35.3. The summed E-state index contributed by atoms with van der Waals surface area (Å²) in [5, 5.41) is 4.75. The summed E-state index contributed by atoms with van der Waals surface area (Å²) in [7, 11) is 0. The minimum Gasteiger partial charge on any atom is -0.452 e. The van der Waals surface area contributed by atoms with Crippen LogP contribution in [0, 0.1) is 6.92 Å². The van der Waals surface area contributed by atoms with E-state index in [0.717, 1.165) is 5.56 Å². The zero-order valence-corrected chi connectivity index (χ0v) is 16.2. The van der Waals surface area contributed by atoms with Crippen LogP contribution in [0.5, 0.6) is 0 Å². The first-order chi connectivity index (χ1) is 11.6. The van der Waals surface area contributed by atoms with Gasteiger partial charge < -0.3 is 10.1 Å². The highest BCUT2D eigenvalue weighted by Gasteiger charge is 2.22. The van der Waals surface area contributed by atoms with Crippen molar-refractivity contribution in [2.45, 2.75) is 52.0 Å². The van der Waals surface area contributed by atoms with E-state index in [1.165, 1.54) is 24.2 Å². The van der Waals surface area contributed by atoms with Gasteiger partial charge in [-0.15, -0.1) is 11.8 Å². The van der Waals surface area contributed by atoms with E-state index in [-0.39, 0.29) is 5.75 Å². The minimum absolute atomic E-state index is 0.139. The topological polar surface area (TPSA) is 84.5 Å². The zero-order chi connectivity index (χ0) is 19.0. The Morgan fingerprint density at radius 2 is 1.76 bits per heavy atom. The number of benzene rings is 1. The van der Waals surface area contributed by atoms with Gasteiger partial charge in [-0.05, 0) is 40.2 Å². The monoisotopic (exact) mass is 366 g/mol. The molecule has 0 radical (unpaired) electrons. The Morgan fingerprint density at radius 3 is 2.32 bits per heavy atom. The number of carbonyl (C=O) groups is 3. The van der Waals surface area contributed by atoms with E-state index in [4.69, 9.17) is 4.74 Å². The van der Waals surface area contributed by atoms with Gasteiger partial charge in [0, 0.05) is 11.3 Å². The van der Waals surface area contributed by atoms with Crippen molar-refractivity contribution in [3.05, 3.63) is 35.4 Å². The summed E-state index contributed by atoms with van der Waals surface area (Å²) in [6.45, 7) is 8.84. The molecule has 6 nitrogen and oxygen atoms in total. The van der Waals surface area contributed by atoms with Crippen LogP contribution >= 0.6 is 11.8 Å². The van der Waals surface area contributed by atoms with E-state index >= 15 is 0 Å². The lowest BCUT2D eigenvalue weighted by Gasteiger charge is -2.21. The third kappa shape index (κ3) is 9.14. The fraction of sp³-hybridized carbons (Fsp3) is 0.500. The molecule has 7 heteroatoms. The Morgan fingerprint density at radius 1 is 1.16 bits per heavy atom. The molecule has 0 saturated carbocycles. The maximum absolute atomic E-state index is 11.8. The maximum atomic E-state index is 11.8. The molecule has 0 aromatic heterocycles. The van der Waals surface area contributed by atoms with Crippen LogP contribution in [0.15, 0.2) is 24.3 Å². The molecule has 0 unspecified atom stereocenters. The van der Waals surface area contributed by atoms with Gasteiger partial charge in [0.1, 0.15) is 0 Å². The van der Waals surface area contributed by atoms with Crippen molar-refractivity contribution in [2.75, 3.05) is 5.75 Å². The van der Waals surface area contributed by atoms with E-state index in [9.17, 15) is 14.4 Å². The largest absolute Gasteiger partial charge is 0.452 e. The molecule has 1 aromatic carbocycles. The lowest BCUT2D eigenvalue weighted by atomic mass is 10.1. The average Bonchev–Trinajstić information content (AvgIpc) is 2.47. The quantitative estimate of drug-likeness (QED) is 0.756. The number of hydrogen-bond donors (Lipinski definition) is 2. The van der Waals surface area contributed by atoms with Crippen molar-refractivity contribution in [2.24, 2.45) is 0 Å². The maximum Gasteiger partial charge on any atom is 0.321 e. The number of hydrogen-bond acceptors (Lipinski definition) is 5. The number of carbonyl (C=O) groups excluding carboxylic acids is 3. The first-order valence-electron chi connectivity index (χ1n) is 8.02. The van der Waals surface area contributed by atoms with Crippen LogP contribution in [0.2, 0.25) is 0 Å². The number of ether oxygens (including phenoxy) is 1. The molecule has 0 saturated heterocycles. The van der Waals surface area contributed by atoms with Gasteiger partial charge in [0.05, 0.1) is 5.75 Å². The smallest absolute Gasteiger partial charge is 0.321 e. The molecule has 0 heterocycles. The molecule has 0 fully saturated rings. The van der Waals surface area contributed by atoms with Crippen LogP contribution in [0.1, 0.15) is 38.8 Å². The van der Waals surface area contributed by atoms with Gasteiger partial charge in [-0.2, -0.15) is 0 Å². The zero-order valence-electron chi connectivity index (χ0n) is 15.3. The highest BCUT2D eigenvalue weighted by molar-refractivity contribution is 7.99. The normalized spacial score (nSPS) is 12.2.